The third-order valence-electron chi connectivity index (χ3n) is 3.78. The number of nitrogens with zero attached hydrogens (tertiary/aromatic N) is 1. The Labute approximate surface area is 118 Å². The molecule has 1 aromatic carbocycles. The van der Waals surface area contributed by atoms with Crippen LogP contribution in [0.5, 0.6) is 0 Å². The van der Waals surface area contributed by atoms with Gasteiger partial charge in [0.2, 0.25) is 0 Å². The minimum atomic E-state index is -1.02. The molecular formula is C15H21FN2O2. The largest absolute Gasteiger partial charge is 0.480 e. The maximum Gasteiger partial charge on any atom is 0.325 e. The van der Waals surface area contributed by atoms with Gasteiger partial charge in [-0.1, -0.05) is 13.0 Å². The highest BCUT2D eigenvalue weighted by Crippen LogP contribution is 2.29. The molecule has 0 fully saturated rings. The lowest BCUT2D eigenvalue weighted by molar-refractivity contribution is -0.143. The molecule has 0 saturated carbocycles. The van der Waals surface area contributed by atoms with Gasteiger partial charge in [-0.3, -0.25) is 4.79 Å². The second kappa shape index (κ2) is 5.79. The molecular weight excluding hydrogens is 259 g/mol. The van der Waals surface area contributed by atoms with Crippen molar-refractivity contribution >= 4 is 11.7 Å². The zero-order valence-corrected chi connectivity index (χ0v) is 11.9. The van der Waals surface area contributed by atoms with Crippen LogP contribution in [-0.2, 0) is 11.2 Å². The Morgan fingerprint density at radius 1 is 1.55 bits per heavy atom. The molecule has 1 aliphatic heterocycles. The summed E-state index contributed by atoms with van der Waals surface area (Å²) in [6.45, 7) is 5.39. The van der Waals surface area contributed by atoms with Crippen molar-refractivity contribution in [2.75, 3.05) is 24.5 Å². The van der Waals surface area contributed by atoms with Crippen LogP contribution in [0.4, 0.5) is 10.1 Å². The molecule has 0 aromatic heterocycles. The Kier molecular flexibility index (Phi) is 4.28. The molecule has 20 heavy (non-hydrogen) atoms. The number of hydrogen-bond acceptors (Lipinski definition) is 3. The summed E-state index contributed by atoms with van der Waals surface area (Å²) in [5.41, 5.74) is 0.870. The third-order valence-corrected chi connectivity index (χ3v) is 3.78. The standard InChI is InChI=1S/C15H21FN2O2/c1-3-7-17-15(2,14(19)20)10-18-8-6-11-4-5-12(16)9-13(11)18/h4-5,9,17H,3,6-8,10H2,1-2H3,(H,19,20). The molecule has 5 heteroatoms. The fraction of sp³-hybridized carbons (Fsp3) is 0.533. The summed E-state index contributed by atoms with van der Waals surface area (Å²) >= 11 is 0. The molecule has 1 aliphatic rings. The Morgan fingerprint density at radius 3 is 2.95 bits per heavy atom. The van der Waals surface area contributed by atoms with E-state index in [0.29, 0.717) is 13.1 Å². The van der Waals surface area contributed by atoms with E-state index in [4.69, 9.17) is 0 Å². The lowest BCUT2D eigenvalue weighted by atomic mass is 10.0. The molecule has 4 nitrogen and oxygen atoms in total. The first-order chi connectivity index (χ1) is 9.46. The van der Waals surface area contributed by atoms with Gasteiger partial charge in [0.05, 0.1) is 0 Å². The minimum absolute atomic E-state index is 0.283. The number of carboxylic acids is 1. The molecule has 2 N–H and O–H groups in total. The Balaban J connectivity index is 2.17. The highest BCUT2D eigenvalue weighted by Gasteiger charge is 2.36. The van der Waals surface area contributed by atoms with Gasteiger partial charge in [-0.15, -0.1) is 0 Å². The van der Waals surface area contributed by atoms with Crippen molar-refractivity contribution in [2.24, 2.45) is 0 Å². The summed E-state index contributed by atoms with van der Waals surface area (Å²) in [6, 6.07) is 4.72. The fourth-order valence-electron chi connectivity index (χ4n) is 2.56. The zero-order chi connectivity index (χ0) is 14.8. The summed E-state index contributed by atoms with van der Waals surface area (Å²) in [6.07, 6.45) is 1.70. The van der Waals surface area contributed by atoms with Gasteiger partial charge in [0, 0.05) is 18.8 Å². The first kappa shape index (κ1) is 14.8. The molecule has 1 aromatic rings. The van der Waals surface area contributed by atoms with E-state index in [1.807, 2.05) is 11.8 Å². The van der Waals surface area contributed by atoms with E-state index in [0.717, 1.165) is 30.6 Å². The van der Waals surface area contributed by atoms with Gasteiger partial charge in [-0.25, -0.2) is 4.39 Å². The SMILES string of the molecule is CCCNC(C)(CN1CCc2ccc(F)cc21)C(=O)O. The number of aliphatic carboxylic acids is 1. The van der Waals surface area contributed by atoms with Gasteiger partial charge >= 0.3 is 5.97 Å². The van der Waals surface area contributed by atoms with Crippen LogP contribution in [0, 0.1) is 5.82 Å². The summed E-state index contributed by atoms with van der Waals surface area (Å²) < 4.78 is 13.4. The number of anilines is 1. The van der Waals surface area contributed by atoms with Crippen LogP contribution < -0.4 is 10.2 Å². The third kappa shape index (κ3) is 2.93. The number of nitrogens with one attached hydrogen (secondary N) is 1. The maximum atomic E-state index is 13.4. The Morgan fingerprint density at radius 2 is 2.30 bits per heavy atom. The number of benzene rings is 1. The van der Waals surface area contributed by atoms with Gasteiger partial charge in [0.25, 0.3) is 0 Å². The van der Waals surface area contributed by atoms with Crippen LogP contribution in [0.25, 0.3) is 0 Å². The van der Waals surface area contributed by atoms with Gasteiger partial charge in [0.1, 0.15) is 11.4 Å². The summed E-state index contributed by atoms with van der Waals surface area (Å²) in [7, 11) is 0. The summed E-state index contributed by atoms with van der Waals surface area (Å²) in [4.78, 5) is 13.5. The van der Waals surface area contributed by atoms with Crippen molar-refractivity contribution in [3.8, 4) is 0 Å². The fourth-order valence-corrected chi connectivity index (χ4v) is 2.56. The van der Waals surface area contributed by atoms with E-state index in [1.165, 1.54) is 12.1 Å². The van der Waals surface area contributed by atoms with Crippen LogP contribution in [0.3, 0.4) is 0 Å². The number of carbonyl (C=O) groups is 1. The molecule has 0 saturated heterocycles. The predicted molar refractivity (Wildman–Crippen MR) is 76.7 cm³/mol. The molecule has 2 rings (SSSR count). The maximum absolute atomic E-state index is 13.4. The Hall–Kier alpha value is -1.62. The lowest BCUT2D eigenvalue weighted by Crippen LogP contribution is -2.57. The number of carboxylic acid groups (broad SMARTS) is 1. The first-order valence-electron chi connectivity index (χ1n) is 6.98. The van der Waals surface area contributed by atoms with Gasteiger partial charge in [-0.2, -0.15) is 0 Å². The lowest BCUT2D eigenvalue weighted by Gasteiger charge is -2.32. The molecule has 110 valence electrons. The van der Waals surface area contributed by atoms with Crippen molar-refractivity contribution < 1.29 is 14.3 Å². The molecule has 0 radical (unpaired) electrons. The van der Waals surface area contributed by atoms with E-state index in [-0.39, 0.29) is 5.82 Å². The second-order valence-electron chi connectivity index (χ2n) is 5.51. The average Bonchev–Trinajstić information content (AvgIpc) is 2.78. The molecule has 0 bridgehead atoms. The highest BCUT2D eigenvalue weighted by atomic mass is 19.1. The smallest absolute Gasteiger partial charge is 0.325 e. The summed E-state index contributed by atoms with van der Waals surface area (Å²) in [5.74, 6) is -1.16. The van der Waals surface area contributed by atoms with Crippen LogP contribution in [-0.4, -0.2) is 36.2 Å². The van der Waals surface area contributed by atoms with Crippen molar-refractivity contribution in [2.45, 2.75) is 32.2 Å². The van der Waals surface area contributed by atoms with Crippen LogP contribution in [0.2, 0.25) is 0 Å². The molecule has 1 unspecified atom stereocenters. The molecule has 1 heterocycles. The van der Waals surface area contributed by atoms with Crippen LogP contribution in [0.1, 0.15) is 25.8 Å². The number of rotatable bonds is 6. The normalized spacial score (nSPS) is 16.9. The monoisotopic (exact) mass is 280 g/mol. The Bertz CT molecular complexity index is 507. The first-order valence-corrected chi connectivity index (χ1v) is 6.98. The number of fused-ring (bicyclic) bond motifs is 1. The highest BCUT2D eigenvalue weighted by molar-refractivity contribution is 5.79. The number of halogens is 1. The van der Waals surface area contributed by atoms with Crippen LogP contribution >= 0.6 is 0 Å². The van der Waals surface area contributed by atoms with E-state index >= 15 is 0 Å². The average molecular weight is 280 g/mol. The predicted octanol–water partition coefficient (Wildman–Crippen LogP) is 2.03. The summed E-state index contributed by atoms with van der Waals surface area (Å²) in [5, 5.41) is 12.5. The zero-order valence-electron chi connectivity index (χ0n) is 11.9. The molecule has 0 spiro atoms. The van der Waals surface area contributed by atoms with Crippen molar-refractivity contribution in [3.05, 3.63) is 29.6 Å². The van der Waals surface area contributed by atoms with Gasteiger partial charge in [0.15, 0.2) is 0 Å². The molecule has 0 amide bonds. The van der Waals surface area contributed by atoms with Gasteiger partial charge < -0.3 is 15.3 Å². The van der Waals surface area contributed by atoms with Crippen molar-refractivity contribution in [3.63, 3.8) is 0 Å². The van der Waals surface area contributed by atoms with Crippen LogP contribution in [0.15, 0.2) is 18.2 Å². The second-order valence-corrected chi connectivity index (χ2v) is 5.51. The minimum Gasteiger partial charge on any atom is -0.480 e. The topological polar surface area (TPSA) is 52.6 Å². The van der Waals surface area contributed by atoms with Crippen molar-refractivity contribution in [1.29, 1.82) is 0 Å². The number of hydrogen-bond donors (Lipinski definition) is 2. The van der Waals surface area contributed by atoms with Crippen molar-refractivity contribution in [1.82, 2.24) is 5.32 Å². The van der Waals surface area contributed by atoms with E-state index < -0.39 is 11.5 Å². The van der Waals surface area contributed by atoms with E-state index in [2.05, 4.69) is 5.32 Å². The molecule has 1 atom stereocenters. The van der Waals surface area contributed by atoms with E-state index in [9.17, 15) is 14.3 Å². The van der Waals surface area contributed by atoms with Gasteiger partial charge in [-0.05, 0) is 44.0 Å². The molecule has 0 aliphatic carbocycles. The quantitative estimate of drug-likeness (QED) is 0.837. The van der Waals surface area contributed by atoms with E-state index in [1.54, 1.807) is 13.0 Å².